The molecule has 4 rings (SSSR count). The standard InChI is InChI=1S/C19H12Cl2N8O9S2/c20-17-23-18(21)25-19(24-17)22-8-1-6-11(12(7-8)40(36,37)38)26-27-13-14(16(31)32)28-29(15(13)30)9-2-4-10(5-3-9)39(33,34)35/h1-7,13H,(H,31,32)(H,33,34,35)(H,36,37,38)(H,22,23,24,25)/t13-/m1/s1. The van der Waals surface area contributed by atoms with Crippen molar-refractivity contribution in [3.63, 3.8) is 0 Å². The quantitative estimate of drug-likeness (QED) is 0.206. The normalized spacial score (nSPS) is 15.9. The predicted molar refractivity (Wildman–Crippen MR) is 137 cm³/mol. The Hall–Kier alpha value is -4.14. The number of halogens is 2. The van der Waals surface area contributed by atoms with Gasteiger partial charge in [-0.25, -0.2) is 4.79 Å². The summed E-state index contributed by atoms with van der Waals surface area (Å²) in [4.78, 5) is 34.4. The number of aromatic nitrogens is 3. The maximum atomic E-state index is 12.9. The largest absolute Gasteiger partial charge is 0.477 e. The molecule has 0 bridgehead atoms. The van der Waals surface area contributed by atoms with E-state index in [0.29, 0.717) is 5.01 Å². The summed E-state index contributed by atoms with van der Waals surface area (Å²) in [5.74, 6) is -2.85. The molecule has 21 heteroatoms. The molecule has 0 saturated heterocycles. The number of amides is 1. The topological polar surface area (TPSA) is 254 Å². The molecule has 208 valence electrons. The molecule has 0 spiro atoms. The second-order valence-corrected chi connectivity index (χ2v) is 11.0. The Kier molecular flexibility index (Phi) is 7.78. The first-order valence-electron chi connectivity index (χ1n) is 10.2. The number of nitrogens with zero attached hydrogens (tertiary/aromatic N) is 7. The van der Waals surface area contributed by atoms with Gasteiger partial charge in [-0.2, -0.15) is 52.1 Å². The lowest BCUT2D eigenvalue weighted by Gasteiger charge is -2.12. The molecular formula is C19H12Cl2N8O9S2. The minimum absolute atomic E-state index is 0.0224. The van der Waals surface area contributed by atoms with Gasteiger partial charge in [0, 0.05) is 5.69 Å². The fourth-order valence-electron chi connectivity index (χ4n) is 3.16. The molecule has 0 radical (unpaired) electrons. The van der Waals surface area contributed by atoms with Crippen molar-refractivity contribution in [1.29, 1.82) is 0 Å². The van der Waals surface area contributed by atoms with Crippen LogP contribution < -0.4 is 10.3 Å². The van der Waals surface area contributed by atoms with Crippen molar-refractivity contribution in [3.8, 4) is 0 Å². The van der Waals surface area contributed by atoms with Gasteiger partial charge in [-0.05, 0) is 65.7 Å². The van der Waals surface area contributed by atoms with Crippen molar-refractivity contribution in [2.45, 2.75) is 15.8 Å². The zero-order valence-corrected chi connectivity index (χ0v) is 22.3. The van der Waals surface area contributed by atoms with Crippen LogP contribution in [0.1, 0.15) is 0 Å². The molecule has 17 nitrogen and oxygen atoms in total. The molecule has 3 aromatic rings. The highest BCUT2D eigenvalue weighted by atomic mass is 35.5. The van der Waals surface area contributed by atoms with E-state index in [9.17, 15) is 36.1 Å². The van der Waals surface area contributed by atoms with Gasteiger partial charge < -0.3 is 10.4 Å². The van der Waals surface area contributed by atoms with E-state index in [-0.39, 0.29) is 27.9 Å². The van der Waals surface area contributed by atoms with Gasteiger partial charge in [0.15, 0.2) is 5.71 Å². The number of nitrogens with one attached hydrogen (secondary N) is 1. The Bertz CT molecular complexity index is 1800. The summed E-state index contributed by atoms with van der Waals surface area (Å²) in [6.45, 7) is 0. The number of hydrazone groups is 1. The van der Waals surface area contributed by atoms with Gasteiger partial charge in [0.2, 0.25) is 22.6 Å². The van der Waals surface area contributed by atoms with E-state index in [2.05, 4.69) is 35.6 Å². The Morgan fingerprint density at radius 1 is 0.950 bits per heavy atom. The molecule has 0 saturated carbocycles. The third-order valence-electron chi connectivity index (χ3n) is 4.86. The predicted octanol–water partition coefficient (Wildman–Crippen LogP) is 2.36. The first kappa shape index (κ1) is 28.9. The van der Waals surface area contributed by atoms with Gasteiger partial charge in [-0.15, -0.1) is 0 Å². The lowest BCUT2D eigenvalue weighted by Crippen LogP contribution is -2.33. The van der Waals surface area contributed by atoms with Crippen molar-refractivity contribution in [1.82, 2.24) is 15.0 Å². The molecule has 2 aromatic carbocycles. The SMILES string of the molecule is O=C(O)C1=NN(c2ccc(S(=O)(=O)O)cc2)C(=O)[C@@H]1N=Nc1ccc(Nc2nc(Cl)nc(Cl)n2)cc1S(=O)(=O)O. The maximum Gasteiger partial charge on any atom is 0.355 e. The number of hydrogen-bond acceptors (Lipinski definition) is 13. The highest BCUT2D eigenvalue weighted by Gasteiger charge is 2.41. The zero-order chi connectivity index (χ0) is 29.4. The molecule has 2 heterocycles. The minimum atomic E-state index is -4.93. The number of carboxylic acids is 1. The number of carboxylic acid groups (broad SMARTS) is 1. The molecule has 0 unspecified atom stereocenters. The number of anilines is 3. The van der Waals surface area contributed by atoms with Crippen LogP contribution in [0.25, 0.3) is 0 Å². The summed E-state index contributed by atoms with van der Waals surface area (Å²) in [6, 6.07) is 5.48. The highest BCUT2D eigenvalue weighted by Crippen LogP contribution is 2.31. The summed E-state index contributed by atoms with van der Waals surface area (Å²) >= 11 is 11.4. The van der Waals surface area contributed by atoms with Gasteiger partial charge in [-0.3, -0.25) is 13.9 Å². The van der Waals surface area contributed by atoms with Crippen LogP contribution >= 0.6 is 23.2 Å². The van der Waals surface area contributed by atoms with Crippen LogP contribution in [0.15, 0.2) is 67.6 Å². The Balaban J connectivity index is 1.65. The fourth-order valence-corrected chi connectivity index (χ4v) is 4.66. The maximum absolute atomic E-state index is 12.9. The van der Waals surface area contributed by atoms with Crippen molar-refractivity contribution < 1.29 is 40.6 Å². The number of hydrogen-bond donors (Lipinski definition) is 4. The van der Waals surface area contributed by atoms with Crippen LogP contribution in [-0.4, -0.2) is 69.6 Å². The lowest BCUT2D eigenvalue weighted by atomic mass is 10.2. The Labute approximate surface area is 233 Å². The molecule has 1 aliphatic heterocycles. The zero-order valence-electron chi connectivity index (χ0n) is 19.1. The van der Waals surface area contributed by atoms with E-state index in [0.717, 1.165) is 36.4 Å². The molecule has 1 amide bonds. The van der Waals surface area contributed by atoms with Crippen molar-refractivity contribution in [2.75, 3.05) is 10.3 Å². The van der Waals surface area contributed by atoms with Gasteiger partial charge in [0.1, 0.15) is 10.6 Å². The van der Waals surface area contributed by atoms with Crippen LogP contribution in [0, 0.1) is 0 Å². The number of aliphatic carboxylic acids is 1. The number of benzene rings is 2. The van der Waals surface area contributed by atoms with Crippen LogP contribution in [0.2, 0.25) is 10.6 Å². The van der Waals surface area contributed by atoms with Gasteiger partial charge in [0.05, 0.1) is 10.6 Å². The smallest absolute Gasteiger partial charge is 0.355 e. The van der Waals surface area contributed by atoms with E-state index in [4.69, 9.17) is 27.8 Å². The first-order chi connectivity index (χ1) is 18.6. The van der Waals surface area contributed by atoms with Gasteiger partial charge in [0.25, 0.3) is 26.1 Å². The van der Waals surface area contributed by atoms with Crippen molar-refractivity contribution in [2.24, 2.45) is 15.3 Å². The van der Waals surface area contributed by atoms with Gasteiger partial charge >= 0.3 is 5.97 Å². The lowest BCUT2D eigenvalue weighted by molar-refractivity contribution is -0.130. The minimum Gasteiger partial charge on any atom is -0.477 e. The number of carbonyl (C=O) groups excluding carboxylic acids is 1. The summed E-state index contributed by atoms with van der Waals surface area (Å²) < 4.78 is 65.3. The second kappa shape index (κ2) is 10.8. The fraction of sp³-hybridized carbons (Fsp3) is 0.0526. The van der Waals surface area contributed by atoms with Gasteiger partial charge in [-0.1, -0.05) is 0 Å². The number of rotatable bonds is 8. The average Bonchev–Trinajstić information content (AvgIpc) is 3.18. The van der Waals surface area contributed by atoms with Crippen molar-refractivity contribution in [3.05, 3.63) is 53.0 Å². The highest BCUT2D eigenvalue weighted by molar-refractivity contribution is 7.86. The van der Waals surface area contributed by atoms with Crippen LogP contribution in [0.3, 0.4) is 0 Å². The van der Waals surface area contributed by atoms with Crippen LogP contribution in [0.5, 0.6) is 0 Å². The van der Waals surface area contributed by atoms with Crippen LogP contribution in [0.4, 0.5) is 23.0 Å². The monoisotopic (exact) mass is 630 g/mol. The summed E-state index contributed by atoms with van der Waals surface area (Å²) in [5, 5.41) is 23.2. The Morgan fingerprint density at radius 2 is 1.57 bits per heavy atom. The second-order valence-electron chi connectivity index (χ2n) is 7.51. The third kappa shape index (κ3) is 6.35. The Morgan fingerprint density at radius 3 is 2.12 bits per heavy atom. The number of azo groups is 1. The molecule has 0 fully saturated rings. The number of carbonyl (C=O) groups is 2. The summed E-state index contributed by atoms with van der Waals surface area (Å²) in [7, 11) is -9.47. The van der Waals surface area contributed by atoms with E-state index >= 15 is 0 Å². The summed E-state index contributed by atoms with van der Waals surface area (Å²) in [6.07, 6.45) is 0. The molecule has 40 heavy (non-hydrogen) atoms. The molecule has 1 aromatic heterocycles. The summed E-state index contributed by atoms with van der Waals surface area (Å²) in [5.41, 5.74) is -1.31. The van der Waals surface area contributed by atoms with E-state index in [1.54, 1.807) is 0 Å². The van der Waals surface area contributed by atoms with E-state index in [1.807, 2.05) is 0 Å². The molecule has 0 aliphatic carbocycles. The van der Waals surface area contributed by atoms with E-state index < -0.39 is 59.3 Å². The average molecular weight is 631 g/mol. The van der Waals surface area contributed by atoms with E-state index in [1.165, 1.54) is 6.07 Å². The molecular weight excluding hydrogens is 619 g/mol. The van der Waals surface area contributed by atoms with Crippen molar-refractivity contribution >= 4 is 84.0 Å². The molecule has 1 aliphatic rings. The van der Waals surface area contributed by atoms with Crippen LogP contribution in [-0.2, 0) is 29.8 Å². The molecule has 1 atom stereocenters. The third-order valence-corrected chi connectivity index (χ3v) is 6.95. The first-order valence-corrected chi connectivity index (χ1v) is 13.9. The molecule has 4 N–H and O–H groups in total.